The summed E-state index contributed by atoms with van der Waals surface area (Å²) in [5, 5.41) is 13.3. The Bertz CT molecular complexity index is 1690. The Kier molecular flexibility index (Phi) is 5.97. The maximum Gasteiger partial charge on any atom is 0.269 e. The molecule has 0 spiro atoms. The van der Waals surface area contributed by atoms with Crippen LogP contribution in [0, 0.1) is 0 Å². The van der Waals surface area contributed by atoms with Gasteiger partial charge in [0.05, 0.1) is 16.6 Å². The Labute approximate surface area is 214 Å². The molecule has 10 heteroatoms. The topological polar surface area (TPSA) is 106 Å². The fraction of sp³-hybridized carbons (Fsp3) is 0.222. The van der Waals surface area contributed by atoms with Crippen molar-refractivity contribution in [2.24, 2.45) is 5.16 Å². The highest BCUT2D eigenvalue weighted by atomic mass is 32.2. The van der Waals surface area contributed by atoms with Crippen LogP contribution in [0.2, 0.25) is 0 Å². The summed E-state index contributed by atoms with van der Waals surface area (Å²) in [7, 11) is -3.82. The van der Waals surface area contributed by atoms with E-state index in [9.17, 15) is 13.6 Å². The molecule has 0 unspecified atom stereocenters. The normalized spacial score (nSPS) is 15.8. The second-order valence-electron chi connectivity index (χ2n) is 9.24. The van der Waals surface area contributed by atoms with Crippen molar-refractivity contribution in [3.05, 3.63) is 90.5 Å². The first-order chi connectivity index (χ1) is 18.1. The van der Waals surface area contributed by atoms with Gasteiger partial charge in [0.15, 0.2) is 11.5 Å². The van der Waals surface area contributed by atoms with Crippen molar-refractivity contribution in [2.75, 3.05) is 13.1 Å². The number of rotatable bonds is 6. The SMILES string of the molecule is O=S(=O)(c1ccccc1)n1ccc2c1ncc1nc(C=NO)n(C3CCN(Cc4ccccc4)CC3)c12. The molecule has 5 aromatic rings. The van der Waals surface area contributed by atoms with Crippen LogP contribution in [0.5, 0.6) is 0 Å². The van der Waals surface area contributed by atoms with Gasteiger partial charge < -0.3 is 9.77 Å². The molecule has 1 aliphatic rings. The lowest BCUT2D eigenvalue weighted by molar-refractivity contribution is 0.181. The molecule has 1 saturated heterocycles. The van der Waals surface area contributed by atoms with E-state index in [1.807, 2.05) is 6.07 Å². The van der Waals surface area contributed by atoms with E-state index < -0.39 is 10.0 Å². The summed E-state index contributed by atoms with van der Waals surface area (Å²) in [4.78, 5) is 11.8. The number of hydrogen-bond acceptors (Lipinski definition) is 7. The molecular formula is C27H26N6O3S. The van der Waals surface area contributed by atoms with Crippen LogP contribution in [0.3, 0.4) is 0 Å². The molecular weight excluding hydrogens is 488 g/mol. The third-order valence-corrected chi connectivity index (χ3v) is 8.68. The molecule has 1 aliphatic heterocycles. The molecule has 0 radical (unpaired) electrons. The minimum atomic E-state index is -3.82. The van der Waals surface area contributed by atoms with Crippen LogP contribution in [-0.2, 0) is 16.6 Å². The highest BCUT2D eigenvalue weighted by Crippen LogP contribution is 2.33. The van der Waals surface area contributed by atoms with Gasteiger partial charge in [0, 0.05) is 37.3 Å². The second kappa shape index (κ2) is 9.45. The molecule has 0 saturated carbocycles. The second-order valence-corrected chi connectivity index (χ2v) is 11.1. The molecule has 1 N–H and O–H groups in total. The number of benzene rings is 2. The van der Waals surface area contributed by atoms with Crippen molar-refractivity contribution in [3.63, 3.8) is 0 Å². The Hall–Kier alpha value is -4.02. The first-order valence-corrected chi connectivity index (χ1v) is 13.6. The summed E-state index contributed by atoms with van der Waals surface area (Å²) in [6.07, 6.45) is 6.23. The van der Waals surface area contributed by atoms with E-state index in [1.54, 1.807) is 48.8 Å². The van der Waals surface area contributed by atoms with Gasteiger partial charge in [0.1, 0.15) is 11.7 Å². The lowest BCUT2D eigenvalue weighted by Gasteiger charge is -2.33. The van der Waals surface area contributed by atoms with Crippen molar-refractivity contribution in [2.45, 2.75) is 30.3 Å². The zero-order valence-corrected chi connectivity index (χ0v) is 20.9. The van der Waals surface area contributed by atoms with Crippen molar-refractivity contribution >= 4 is 38.3 Å². The number of pyridine rings is 1. The lowest BCUT2D eigenvalue weighted by Crippen LogP contribution is -2.34. The third-order valence-electron chi connectivity index (χ3n) is 7.00. The number of fused-ring (bicyclic) bond motifs is 3. The maximum atomic E-state index is 13.4. The fourth-order valence-electron chi connectivity index (χ4n) is 5.26. The largest absolute Gasteiger partial charge is 0.411 e. The van der Waals surface area contributed by atoms with E-state index in [4.69, 9.17) is 0 Å². The van der Waals surface area contributed by atoms with Crippen molar-refractivity contribution < 1.29 is 13.6 Å². The smallest absolute Gasteiger partial charge is 0.269 e. The Morgan fingerprint density at radius 2 is 1.70 bits per heavy atom. The molecule has 2 aromatic carbocycles. The number of oxime groups is 1. The summed E-state index contributed by atoms with van der Waals surface area (Å²) in [5.74, 6) is 0.520. The fourth-order valence-corrected chi connectivity index (χ4v) is 6.58. The van der Waals surface area contributed by atoms with E-state index in [0.717, 1.165) is 38.0 Å². The first kappa shape index (κ1) is 23.4. The van der Waals surface area contributed by atoms with Crippen LogP contribution in [0.25, 0.3) is 22.1 Å². The number of piperidine rings is 1. The molecule has 4 heterocycles. The summed E-state index contributed by atoms with van der Waals surface area (Å²) in [6.45, 7) is 2.72. The average Bonchev–Trinajstić information content (AvgIpc) is 3.52. The molecule has 0 bridgehead atoms. The van der Waals surface area contributed by atoms with Crippen LogP contribution < -0.4 is 0 Å². The highest BCUT2D eigenvalue weighted by molar-refractivity contribution is 7.90. The van der Waals surface area contributed by atoms with Gasteiger partial charge >= 0.3 is 0 Å². The van der Waals surface area contributed by atoms with Gasteiger partial charge in [-0.25, -0.2) is 22.4 Å². The van der Waals surface area contributed by atoms with Crippen molar-refractivity contribution in [1.29, 1.82) is 0 Å². The molecule has 1 fully saturated rings. The highest BCUT2D eigenvalue weighted by Gasteiger charge is 2.27. The monoisotopic (exact) mass is 514 g/mol. The summed E-state index contributed by atoms with van der Waals surface area (Å²) < 4.78 is 30.0. The standard InChI is InChI=1S/C27H26N6O3S/c34-29-18-25-30-24-17-28-27-23(13-16-32(27)37(35,36)22-9-5-2-6-10-22)26(24)33(25)21-11-14-31(15-12-21)19-20-7-3-1-4-8-20/h1-10,13,16-18,21,34H,11-12,14-15,19H2. The molecule has 9 nitrogen and oxygen atoms in total. The van der Waals surface area contributed by atoms with Crippen molar-refractivity contribution in [3.8, 4) is 0 Å². The quantitative estimate of drug-likeness (QED) is 0.206. The third kappa shape index (κ3) is 4.17. The number of aromatic nitrogens is 4. The lowest BCUT2D eigenvalue weighted by atomic mass is 10.0. The first-order valence-electron chi connectivity index (χ1n) is 12.2. The molecule has 3 aromatic heterocycles. The van der Waals surface area contributed by atoms with Gasteiger partial charge in [-0.15, -0.1) is 0 Å². The number of hydrogen-bond donors (Lipinski definition) is 1. The maximum absolute atomic E-state index is 13.4. The van der Waals surface area contributed by atoms with Gasteiger partial charge in [-0.1, -0.05) is 53.7 Å². The average molecular weight is 515 g/mol. The van der Waals surface area contributed by atoms with Crippen LogP contribution in [0.4, 0.5) is 0 Å². The zero-order valence-electron chi connectivity index (χ0n) is 20.1. The Morgan fingerprint density at radius 1 is 1.00 bits per heavy atom. The summed E-state index contributed by atoms with van der Waals surface area (Å²) in [6, 6.07) is 20.6. The van der Waals surface area contributed by atoms with Crippen LogP contribution in [-0.4, -0.2) is 56.3 Å². The van der Waals surface area contributed by atoms with E-state index >= 15 is 0 Å². The van der Waals surface area contributed by atoms with E-state index in [0.29, 0.717) is 22.4 Å². The molecule has 0 amide bonds. The van der Waals surface area contributed by atoms with E-state index in [2.05, 4.69) is 48.9 Å². The molecule has 188 valence electrons. The molecule has 6 rings (SSSR count). The Balaban J connectivity index is 1.39. The van der Waals surface area contributed by atoms with Crippen LogP contribution in [0.15, 0.2) is 89.2 Å². The van der Waals surface area contributed by atoms with Crippen LogP contribution >= 0.6 is 0 Å². The number of likely N-dealkylation sites (tertiary alicyclic amines) is 1. The Morgan fingerprint density at radius 3 is 2.41 bits per heavy atom. The number of nitrogens with zero attached hydrogens (tertiary/aromatic N) is 6. The minimum Gasteiger partial charge on any atom is -0.411 e. The van der Waals surface area contributed by atoms with Gasteiger partial charge in [-0.05, 0) is 36.6 Å². The van der Waals surface area contributed by atoms with Gasteiger partial charge in [0.25, 0.3) is 10.0 Å². The van der Waals surface area contributed by atoms with E-state index in [1.165, 1.54) is 15.8 Å². The summed E-state index contributed by atoms with van der Waals surface area (Å²) >= 11 is 0. The van der Waals surface area contributed by atoms with Crippen LogP contribution in [0.1, 0.15) is 30.3 Å². The molecule has 0 aliphatic carbocycles. The van der Waals surface area contributed by atoms with Gasteiger partial charge in [-0.2, -0.15) is 0 Å². The predicted molar refractivity (Wildman–Crippen MR) is 141 cm³/mol. The number of imidazole rings is 1. The summed E-state index contributed by atoms with van der Waals surface area (Å²) in [5.41, 5.74) is 3.05. The van der Waals surface area contributed by atoms with Gasteiger partial charge in [-0.3, -0.25) is 4.90 Å². The van der Waals surface area contributed by atoms with Crippen molar-refractivity contribution in [1.82, 2.24) is 23.4 Å². The minimum absolute atomic E-state index is 0.115. The predicted octanol–water partition coefficient (Wildman–Crippen LogP) is 4.27. The van der Waals surface area contributed by atoms with E-state index in [-0.39, 0.29) is 10.9 Å². The van der Waals surface area contributed by atoms with Gasteiger partial charge in [0.2, 0.25) is 0 Å². The zero-order chi connectivity index (χ0) is 25.4. The molecule has 0 atom stereocenters. The molecule has 37 heavy (non-hydrogen) atoms.